The van der Waals surface area contributed by atoms with Crippen molar-refractivity contribution in [3.8, 4) is 5.75 Å². The van der Waals surface area contributed by atoms with Gasteiger partial charge in [0, 0.05) is 6.07 Å². The number of nitro groups is 1. The summed E-state index contributed by atoms with van der Waals surface area (Å²) in [7, 11) is 1.51. The highest BCUT2D eigenvalue weighted by molar-refractivity contribution is 7.80. The lowest BCUT2D eigenvalue weighted by Gasteiger charge is -2.23. The maximum absolute atomic E-state index is 12.3. The molecule has 0 unspecified atom stereocenters. The van der Waals surface area contributed by atoms with Crippen LogP contribution in [0.1, 0.15) is 5.69 Å². The number of anilines is 1. The highest BCUT2D eigenvalue weighted by Gasteiger charge is 2.19. The molecule has 2 rings (SSSR count). The van der Waals surface area contributed by atoms with E-state index in [9.17, 15) is 14.9 Å². The Morgan fingerprint density at radius 2 is 2.24 bits per heavy atom. The van der Waals surface area contributed by atoms with Crippen molar-refractivity contribution >= 4 is 34.7 Å². The normalized spacial score (nSPS) is 10.2. The van der Waals surface area contributed by atoms with Crippen LogP contribution in [0.3, 0.4) is 0 Å². The number of carbonyl (C=O) groups is 1. The molecule has 0 bridgehead atoms. The molecule has 11 heteroatoms. The summed E-state index contributed by atoms with van der Waals surface area (Å²) in [6, 6.07) is 8.05. The maximum Gasteiger partial charge on any atom is 0.390 e. The average Bonchev–Trinajstić information content (AvgIpc) is 2.93. The van der Waals surface area contributed by atoms with Crippen LogP contribution in [0.25, 0.3) is 0 Å². The number of ether oxygens (including phenoxy) is 1. The number of methoxy groups -OCH3 is 1. The Bertz CT molecular complexity index is 821. The molecule has 25 heavy (non-hydrogen) atoms. The number of hydrazine groups is 1. The maximum atomic E-state index is 12.3. The zero-order chi connectivity index (χ0) is 18.6. The predicted octanol–water partition coefficient (Wildman–Crippen LogP) is 0.890. The third-order valence-electron chi connectivity index (χ3n) is 3.22. The zero-order valence-electron chi connectivity index (χ0n) is 13.5. The number of aromatic nitrogens is 2. The first-order valence-corrected chi connectivity index (χ1v) is 7.44. The van der Waals surface area contributed by atoms with Gasteiger partial charge in [-0.2, -0.15) is 4.68 Å². The number of nitrogens with two attached hydrogens (primary N) is 1. The molecule has 1 amide bonds. The van der Waals surface area contributed by atoms with Crippen LogP contribution in [-0.2, 0) is 11.3 Å². The number of amides is 1. The van der Waals surface area contributed by atoms with Gasteiger partial charge >= 0.3 is 5.82 Å². The Morgan fingerprint density at radius 1 is 1.52 bits per heavy atom. The third-order valence-corrected chi connectivity index (χ3v) is 3.40. The summed E-state index contributed by atoms with van der Waals surface area (Å²) < 4.78 is 6.34. The number of hydrogen-bond acceptors (Lipinski definition) is 6. The Kier molecular flexibility index (Phi) is 5.49. The highest BCUT2D eigenvalue weighted by Crippen LogP contribution is 2.19. The van der Waals surface area contributed by atoms with Gasteiger partial charge in [0.05, 0.1) is 29.7 Å². The van der Waals surface area contributed by atoms with E-state index >= 15 is 0 Å². The van der Waals surface area contributed by atoms with E-state index in [0.29, 0.717) is 17.1 Å². The van der Waals surface area contributed by atoms with Crippen LogP contribution < -0.4 is 20.9 Å². The van der Waals surface area contributed by atoms with Gasteiger partial charge in [-0.3, -0.25) is 10.2 Å². The van der Waals surface area contributed by atoms with Crippen LogP contribution in [0, 0.1) is 17.0 Å². The monoisotopic (exact) mass is 364 g/mol. The first-order chi connectivity index (χ1) is 11.8. The van der Waals surface area contributed by atoms with Crippen molar-refractivity contribution in [1.82, 2.24) is 15.2 Å². The molecular weight excluding hydrogens is 348 g/mol. The number of thiocarbonyl (C=S) groups is 1. The summed E-state index contributed by atoms with van der Waals surface area (Å²) in [5, 5.41) is 15.6. The molecule has 1 heterocycles. The molecule has 0 saturated carbocycles. The SMILES string of the molecule is COc1cccc(N(NC(=O)Cn2nc([N+](=O)[O-])cc2C)C(N)=S)c1. The second-order valence-electron chi connectivity index (χ2n) is 4.97. The summed E-state index contributed by atoms with van der Waals surface area (Å²) in [4.78, 5) is 22.4. The molecule has 0 fully saturated rings. The van der Waals surface area contributed by atoms with E-state index < -0.39 is 10.8 Å². The molecule has 132 valence electrons. The van der Waals surface area contributed by atoms with E-state index in [2.05, 4.69) is 10.5 Å². The first-order valence-electron chi connectivity index (χ1n) is 7.03. The van der Waals surface area contributed by atoms with E-state index in [1.165, 1.54) is 22.9 Å². The van der Waals surface area contributed by atoms with Gasteiger partial charge < -0.3 is 20.6 Å². The molecule has 0 radical (unpaired) electrons. The number of benzene rings is 1. The van der Waals surface area contributed by atoms with Crippen molar-refractivity contribution < 1.29 is 14.5 Å². The number of aryl methyl sites for hydroxylation is 1. The number of nitrogens with one attached hydrogen (secondary N) is 1. The van der Waals surface area contributed by atoms with Crippen molar-refractivity contribution in [2.24, 2.45) is 5.73 Å². The molecule has 10 nitrogen and oxygen atoms in total. The van der Waals surface area contributed by atoms with E-state index in [4.69, 9.17) is 22.7 Å². The Labute approximate surface area is 148 Å². The molecule has 3 N–H and O–H groups in total. The zero-order valence-corrected chi connectivity index (χ0v) is 14.3. The summed E-state index contributed by atoms with van der Waals surface area (Å²) in [6.07, 6.45) is 0. The lowest BCUT2D eigenvalue weighted by atomic mass is 10.3. The van der Waals surface area contributed by atoms with Crippen molar-refractivity contribution in [1.29, 1.82) is 0 Å². The molecular formula is C14H16N6O4S. The molecule has 0 aliphatic carbocycles. The smallest absolute Gasteiger partial charge is 0.390 e. The van der Waals surface area contributed by atoms with Crippen LogP contribution in [0.15, 0.2) is 30.3 Å². The Hall–Kier alpha value is -3.21. The third kappa shape index (κ3) is 4.41. The van der Waals surface area contributed by atoms with E-state index in [0.717, 1.165) is 0 Å². The van der Waals surface area contributed by atoms with Gasteiger partial charge in [-0.05, 0) is 36.2 Å². The summed E-state index contributed by atoms with van der Waals surface area (Å²) in [5.74, 6) is -0.271. The van der Waals surface area contributed by atoms with E-state index in [-0.39, 0.29) is 17.5 Å². The van der Waals surface area contributed by atoms with Gasteiger partial charge in [0.2, 0.25) is 0 Å². The standard InChI is InChI=1S/C14H16N6O4S/c1-9-6-12(20(22)23)16-18(9)8-13(21)17-19(14(15)25)10-4-3-5-11(7-10)24-2/h3-7H,8H2,1-2H3,(H2,15,25)(H,17,21). The molecule has 1 aromatic heterocycles. The van der Waals surface area contributed by atoms with Crippen LogP contribution in [-0.4, -0.2) is 32.8 Å². The van der Waals surface area contributed by atoms with Crippen LogP contribution in [0.5, 0.6) is 5.75 Å². The highest BCUT2D eigenvalue weighted by atomic mass is 32.1. The lowest BCUT2D eigenvalue weighted by Crippen LogP contribution is -2.50. The minimum absolute atomic E-state index is 0.0789. The van der Waals surface area contributed by atoms with Crippen LogP contribution >= 0.6 is 12.2 Å². The Balaban J connectivity index is 2.15. The minimum atomic E-state index is -0.626. The molecule has 1 aromatic carbocycles. The number of nitrogens with zero attached hydrogens (tertiary/aromatic N) is 4. The van der Waals surface area contributed by atoms with Gasteiger partial charge in [0.15, 0.2) is 5.11 Å². The van der Waals surface area contributed by atoms with Gasteiger partial charge in [-0.15, -0.1) is 0 Å². The van der Waals surface area contributed by atoms with Crippen molar-refractivity contribution in [3.63, 3.8) is 0 Å². The Morgan fingerprint density at radius 3 is 2.80 bits per heavy atom. The second-order valence-corrected chi connectivity index (χ2v) is 5.39. The van der Waals surface area contributed by atoms with Crippen LogP contribution in [0.2, 0.25) is 0 Å². The summed E-state index contributed by atoms with van der Waals surface area (Å²) in [6.45, 7) is 1.38. The number of rotatable bonds is 5. The van der Waals surface area contributed by atoms with Crippen molar-refractivity contribution in [3.05, 3.63) is 46.1 Å². The van der Waals surface area contributed by atoms with Crippen molar-refractivity contribution in [2.45, 2.75) is 13.5 Å². The quantitative estimate of drug-likeness (QED) is 0.455. The number of hydrogen-bond donors (Lipinski definition) is 2. The second kappa shape index (κ2) is 7.57. The fraction of sp³-hybridized carbons (Fsp3) is 0.214. The molecule has 0 aliphatic heterocycles. The van der Waals surface area contributed by atoms with Crippen LogP contribution in [0.4, 0.5) is 11.5 Å². The lowest BCUT2D eigenvalue weighted by molar-refractivity contribution is -0.389. The van der Waals surface area contributed by atoms with Crippen molar-refractivity contribution in [2.75, 3.05) is 12.1 Å². The van der Waals surface area contributed by atoms with Gasteiger partial charge in [0.25, 0.3) is 5.91 Å². The fourth-order valence-electron chi connectivity index (χ4n) is 2.03. The summed E-state index contributed by atoms with van der Waals surface area (Å²) >= 11 is 4.96. The topological polar surface area (TPSA) is 129 Å². The fourth-order valence-corrected chi connectivity index (χ4v) is 2.19. The van der Waals surface area contributed by atoms with Gasteiger partial charge in [0.1, 0.15) is 12.3 Å². The summed E-state index contributed by atoms with van der Waals surface area (Å²) in [5.41, 5.74) is 9.19. The molecule has 0 aliphatic rings. The predicted molar refractivity (Wildman–Crippen MR) is 94.0 cm³/mol. The molecule has 0 saturated heterocycles. The average molecular weight is 364 g/mol. The molecule has 0 atom stereocenters. The van der Waals surface area contributed by atoms with E-state index in [1.54, 1.807) is 31.2 Å². The first kappa shape index (κ1) is 18.1. The molecule has 2 aromatic rings. The number of carbonyl (C=O) groups excluding carboxylic acids is 1. The minimum Gasteiger partial charge on any atom is -0.497 e. The molecule has 0 spiro atoms. The van der Waals surface area contributed by atoms with E-state index in [1.807, 2.05) is 0 Å². The van der Waals surface area contributed by atoms with Gasteiger partial charge in [-0.1, -0.05) is 6.07 Å². The largest absolute Gasteiger partial charge is 0.497 e. The van der Waals surface area contributed by atoms with Gasteiger partial charge in [-0.25, -0.2) is 5.01 Å².